The van der Waals surface area contributed by atoms with E-state index in [-0.39, 0.29) is 0 Å². The van der Waals surface area contributed by atoms with E-state index in [4.69, 9.17) is 10.5 Å². The van der Waals surface area contributed by atoms with E-state index in [1.165, 1.54) is 0 Å². The summed E-state index contributed by atoms with van der Waals surface area (Å²) in [7, 11) is 1.60. The average molecular weight is 247 g/mol. The van der Waals surface area contributed by atoms with Crippen molar-refractivity contribution in [3.05, 3.63) is 40.8 Å². The van der Waals surface area contributed by atoms with Crippen LogP contribution in [0, 0.1) is 6.92 Å². The highest BCUT2D eigenvalue weighted by Gasteiger charge is 2.15. The van der Waals surface area contributed by atoms with Crippen molar-refractivity contribution in [2.24, 2.45) is 5.73 Å². The normalized spacial score (nSPS) is 10.2. The van der Waals surface area contributed by atoms with Crippen molar-refractivity contribution < 1.29 is 9.53 Å². The number of rotatable bonds is 3. The molecule has 1 amide bonds. The fourth-order valence-corrected chi connectivity index (χ4v) is 2.60. The Morgan fingerprint density at radius 1 is 1.35 bits per heavy atom. The molecular weight excluding hydrogens is 234 g/mol. The number of nitrogens with two attached hydrogens (primary N) is 1. The van der Waals surface area contributed by atoms with Gasteiger partial charge in [0, 0.05) is 21.6 Å². The summed E-state index contributed by atoms with van der Waals surface area (Å²) in [4.78, 5) is 12.4. The van der Waals surface area contributed by atoms with E-state index < -0.39 is 5.91 Å². The number of carbonyl (C=O) groups excluding carboxylic acids is 1. The molecule has 2 N–H and O–H groups in total. The van der Waals surface area contributed by atoms with E-state index in [2.05, 4.69) is 0 Å². The molecule has 0 aliphatic rings. The van der Waals surface area contributed by atoms with E-state index in [9.17, 15) is 4.79 Å². The predicted octanol–water partition coefficient (Wildman–Crippen LogP) is 2.83. The molecule has 3 nitrogen and oxygen atoms in total. The van der Waals surface area contributed by atoms with Gasteiger partial charge in [-0.1, -0.05) is 6.07 Å². The predicted molar refractivity (Wildman–Crippen MR) is 69.6 cm³/mol. The molecule has 1 aromatic carbocycles. The summed E-state index contributed by atoms with van der Waals surface area (Å²) < 4.78 is 5.39. The second kappa shape index (κ2) is 4.59. The summed E-state index contributed by atoms with van der Waals surface area (Å²) in [6.07, 6.45) is 0. The standard InChI is InChI=1S/C13H13NO2S/c1-8-9(13(14)15)5-6-10(12(8)16-2)11-4-3-7-17-11/h3-7H,1-2H3,(H2,14,15). The maximum Gasteiger partial charge on any atom is 0.249 e. The van der Waals surface area contributed by atoms with Gasteiger partial charge in [-0.2, -0.15) is 0 Å². The lowest BCUT2D eigenvalue weighted by molar-refractivity contribution is 0.0999. The number of hydrogen-bond donors (Lipinski definition) is 1. The van der Waals surface area contributed by atoms with Crippen LogP contribution in [0.15, 0.2) is 29.6 Å². The fraction of sp³-hybridized carbons (Fsp3) is 0.154. The molecule has 0 saturated carbocycles. The molecule has 0 bridgehead atoms. The molecule has 0 atom stereocenters. The molecule has 0 radical (unpaired) electrons. The molecule has 0 aliphatic heterocycles. The minimum Gasteiger partial charge on any atom is -0.496 e. The van der Waals surface area contributed by atoms with Crippen molar-refractivity contribution in [1.82, 2.24) is 0 Å². The summed E-state index contributed by atoms with van der Waals surface area (Å²) >= 11 is 1.63. The van der Waals surface area contributed by atoms with Crippen molar-refractivity contribution in [2.75, 3.05) is 7.11 Å². The number of benzene rings is 1. The fourth-order valence-electron chi connectivity index (χ4n) is 1.85. The van der Waals surface area contributed by atoms with Gasteiger partial charge in [0.2, 0.25) is 5.91 Å². The molecular formula is C13H13NO2S. The van der Waals surface area contributed by atoms with Crippen molar-refractivity contribution in [1.29, 1.82) is 0 Å². The van der Waals surface area contributed by atoms with Crippen LogP contribution in [0.1, 0.15) is 15.9 Å². The minimum atomic E-state index is -0.432. The lowest BCUT2D eigenvalue weighted by Gasteiger charge is -2.12. The molecule has 0 fully saturated rings. The monoisotopic (exact) mass is 247 g/mol. The largest absolute Gasteiger partial charge is 0.496 e. The lowest BCUT2D eigenvalue weighted by atomic mass is 10.0. The van der Waals surface area contributed by atoms with E-state index in [0.717, 1.165) is 16.0 Å². The van der Waals surface area contributed by atoms with Gasteiger partial charge < -0.3 is 10.5 Å². The highest BCUT2D eigenvalue weighted by Crippen LogP contribution is 2.36. The number of carbonyl (C=O) groups is 1. The van der Waals surface area contributed by atoms with Crippen LogP contribution in [0.25, 0.3) is 10.4 Å². The summed E-state index contributed by atoms with van der Waals surface area (Å²) in [6, 6.07) is 7.62. The zero-order valence-electron chi connectivity index (χ0n) is 9.69. The number of methoxy groups -OCH3 is 1. The van der Waals surface area contributed by atoms with Gasteiger partial charge in [0.15, 0.2) is 0 Å². The first-order valence-corrected chi connectivity index (χ1v) is 6.04. The van der Waals surface area contributed by atoms with Crippen LogP contribution in [0.2, 0.25) is 0 Å². The third-order valence-electron chi connectivity index (χ3n) is 2.66. The molecule has 0 saturated heterocycles. The van der Waals surface area contributed by atoms with Gasteiger partial charge in [-0.3, -0.25) is 4.79 Å². The van der Waals surface area contributed by atoms with E-state index >= 15 is 0 Å². The highest BCUT2D eigenvalue weighted by molar-refractivity contribution is 7.13. The van der Waals surface area contributed by atoms with Gasteiger partial charge >= 0.3 is 0 Å². The number of thiophene rings is 1. The zero-order chi connectivity index (χ0) is 12.4. The summed E-state index contributed by atoms with van der Waals surface area (Å²) in [5, 5.41) is 2.01. The van der Waals surface area contributed by atoms with Crippen LogP contribution in [-0.4, -0.2) is 13.0 Å². The SMILES string of the molecule is COc1c(-c2cccs2)ccc(C(N)=O)c1C. The highest BCUT2D eigenvalue weighted by atomic mass is 32.1. The van der Waals surface area contributed by atoms with Crippen molar-refractivity contribution in [3.63, 3.8) is 0 Å². The van der Waals surface area contributed by atoms with E-state index in [1.807, 2.05) is 30.5 Å². The van der Waals surface area contributed by atoms with Crippen LogP contribution in [0.5, 0.6) is 5.75 Å². The second-order valence-electron chi connectivity index (χ2n) is 3.66. The minimum absolute atomic E-state index is 0.432. The number of amides is 1. The molecule has 0 unspecified atom stereocenters. The lowest BCUT2D eigenvalue weighted by Crippen LogP contribution is -2.13. The van der Waals surface area contributed by atoms with Gasteiger partial charge in [0.1, 0.15) is 5.75 Å². The number of hydrogen-bond acceptors (Lipinski definition) is 3. The molecule has 1 aromatic heterocycles. The molecule has 88 valence electrons. The summed E-state index contributed by atoms with van der Waals surface area (Å²) in [6.45, 7) is 1.84. The Balaban J connectivity index is 2.63. The second-order valence-corrected chi connectivity index (χ2v) is 4.61. The van der Waals surface area contributed by atoms with Gasteiger partial charge in [-0.25, -0.2) is 0 Å². The molecule has 0 aliphatic carbocycles. The van der Waals surface area contributed by atoms with Crippen LogP contribution < -0.4 is 10.5 Å². The number of ether oxygens (including phenoxy) is 1. The van der Waals surface area contributed by atoms with Crippen molar-refractivity contribution >= 4 is 17.2 Å². The van der Waals surface area contributed by atoms with Crippen LogP contribution >= 0.6 is 11.3 Å². The molecule has 2 aromatic rings. The average Bonchev–Trinajstić information content (AvgIpc) is 2.81. The Kier molecular flexibility index (Phi) is 3.15. The van der Waals surface area contributed by atoms with Gasteiger partial charge in [0.25, 0.3) is 0 Å². The molecule has 17 heavy (non-hydrogen) atoms. The van der Waals surface area contributed by atoms with Crippen LogP contribution in [0.4, 0.5) is 0 Å². The Bertz CT molecular complexity index is 547. The Morgan fingerprint density at radius 2 is 2.12 bits per heavy atom. The molecule has 4 heteroatoms. The summed E-state index contributed by atoms with van der Waals surface area (Å²) in [5.74, 6) is 0.280. The smallest absolute Gasteiger partial charge is 0.249 e. The van der Waals surface area contributed by atoms with Crippen LogP contribution in [0.3, 0.4) is 0 Å². The first-order valence-electron chi connectivity index (χ1n) is 5.16. The van der Waals surface area contributed by atoms with Crippen molar-refractivity contribution in [3.8, 4) is 16.2 Å². The quantitative estimate of drug-likeness (QED) is 0.906. The molecule has 0 spiro atoms. The first kappa shape index (κ1) is 11.7. The molecule has 1 heterocycles. The maximum absolute atomic E-state index is 11.3. The first-order chi connectivity index (χ1) is 8.15. The third kappa shape index (κ3) is 2.03. The molecule has 2 rings (SSSR count). The Labute approximate surface area is 104 Å². The Morgan fingerprint density at radius 3 is 2.65 bits per heavy atom. The van der Waals surface area contributed by atoms with Gasteiger partial charge in [0.05, 0.1) is 7.11 Å². The van der Waals surface area contributed by atoms with E-state index in [1.54, 1.807) is 24.5 Å². The van der Waals surface area contributed by atoms with E-state index in [0.29, 0.717) is 11.3 Å². The van der Waals surface area contributed by atoms with Crippen molar-refractivity contribution in [2.45, 2.75) is 6.92 Å². The summed E-state index contributed by atoms with van der Waals surface area (Å²) in [5.41, 5.74) is 7.59. The topological polar surface area (TPSA) is 52.3 Å². The van der Waals surface area contributed by atoms with Gasteiger partial charge in [-0.05, 0) is 30.5 Å². The van der Waals surface area contributed by atoms with Gasteiger partial charge in [-0.15, -0.1) is 11.3 Å². The Hall–Kier alpha value is -1.81. The number of primary amides is 1. The maximum atomic E-state index is 11.3. The van der Waals surface area contributed by atoms with Crippen LogP contribution in [-0.2, 0) is 0 Å². The zero-order valence-corrected chi connectivity index (χ0v) is 10.5. The third-order valence-corrected chi connectivity index (χ3v) is 3.57.